The Kier molecular flexibility index (Phi) is 5.34. The first-order valence-corrected chi connectivity index (χ1v) is 10.1. The van der Waals surface area contributed by atoms with Crippen LogP contribution in [-0.4, -0.2) is 35.7 Å². The molecule has 6 heteroatoms. The quantitative estimate of drug-likeness (QED) is 0.870. The summed E-state index contributed by atoms with van der Waals surface area (Å²) in [6.45, 7) is 2.88. The summed E-state index contributed by atoms with van der Waals surface area (Å²) in [7, 11) is 0. The van der Waals surface area contributed by atoms with Gasteiger partial charge in [0.2, 0.25) is 17.7 Å². The van der Waals surface area contributed by atoms with Crippen LogP contribution in [0, 0.1) is 0 Å². The Labute approximate surface area is 170 Å². The highest BCUT2D eigenvalue weighted by Crippen LogP contribution is 2.33. The zero-order valence-corrected chi connectivity index (χ0v) is 16.6. The van der Waals surface area contributed by atoms with Crippen molar-refractivity contribution in [3.8, 4) is 0 Å². The molecule has 0 aliphatic carbocycles. The molecule has 0 aromatic heterocycles. The van der Waals surface area contributed by atoms with Crippen LogP contribution in [0.2, 0.25) is 0 Å². The van der Waals surface area contributed by atoms with E-state index in [9.17, 15) is 14.4 Å². The molecule has 29 heavy (non-hydrogen) atoms. The fraction of sp³-hybridized carbons (Fsp3) is 0.348. The van der Waals surface area contributed by atoms with Gasteiger partial charge in [-0.25, -0.2) is 0 Å². The Hall–Kier alpha value is -3.15. The average molecular weight is 391 g/mol. The van der Waals surface area contributed by atoms with Crippen LogP contribution in [0.5, 0.6) is 0 Å². The zero-order chi connectivity index (χ0) is 20.4. The minimum absolute atomic E-state index is 0.0214. The van der Waals surface area contributed by atoms with Crippen LogP contribution in [0.25, 0.3) is 0 Å². The first kappa shape index (κ1) is 19.2. The van der Waals surface area contributed by atoms with Crippen LogP contribution < -0.4 is 10.2 Å². The van der Waals surface area contributed by atoms with Gasteiger partial charge in [0.05, 0.1) is 12.5 Å². The lowest BCUT2D eigenvalue weighted by Crippen LogP contribution is -2.40. The number of anilines is 2. The van der Waals surface area contributed by atoms with Crippen LogP contribution in [0.1, 0.15) is 43.4 Å². The van der Waals surface area contributed by atoms with Crippen LogP contribution in [-0.2, 0) is 20.8 Å². The Morgan fingerprint density at radius 2 is 1.90 bits per heavy atom. The molecule has 0 radical (unpaired) electrons. The van der Waals surface area contributed by atoms with Gasteiger partial charge in [0, 0.05) is 37.8 Å². The Balaban J connectivity index is 1.50. The van der Waals surface area contributed by atoms with E-state index in [4.69, 9.17) is 0 Å². The first-order valence-electron chi connectivity index (χ1n) is 10.1. The standard InChI is InChI=1S/C23H25N3O3/c1-16(27)25-13-11-17-6-2-3-9-20(17)21(25)15-22(28)24-18-7-4-8-19(14-18)26-12-5-10-23(26)29/h2-4,6-9,14,21H,5,10-13,15H2,1H3,(H,24,28). The van der Waals surface area contributed by atoms with E-state index in [1.54, 1.807) is 16.7 Å². The summed E-state index contributed by atoms with van der Waals surface area (Å²) in [5.41, 5.74) is 3.70. The number of fused-ring (bicyclic) bond motifs is 1. The molecule has 2 heterocycles. The Morgan fingerprint density at radius 1 is 1.07 bits per heavy atom. The normalized spacial score (nSPS) is 18.5. The van der Waals surface area contributed by atoms with E-state index in [0.717, 1.165) is 24.1 Å². The molecule has 1 N–H and O–H groups in total. The number of carbonyl (C=O) groups is 3. The van der Waals surface area contributed by atoms with E-state index >= 15 is 0 Å². The number of hydrogen-bond donors (Lipinski definition) is 1. The molecule has 1 unspecified atom stereocenters. The average Bonchev–Trinajstić information content (AvgIpc) is 3.14. The van der Waals surface area contributed by atoms with Gasteiger partial charge in [0.15, 0.2) is 0 Å². The number of benzene rings is 2. The second-order valence-corrected chi connectivity index (χ2v) is 7.63. The van der Waals surface area contributed by atoms with Gasteiger partial charge in [-0.2, -0.15) is 0 Å². The van der Waals surface area contributed by atoms with Crippen molar-refractivity contribution in [1.82, 2.24) is 4.90 Å². The summed E-state index contributed by atoms with van der Waals surface area (Å²) < 4.78 is 0. The minimum atomic E-state index is -0.263. The second kappa shape index (κ2) is 8.07. The van der Waals surface area contributed by atoms with Crippen molar-refractivity contribution in [2.24, 2.45) is 0 Å². The SMILES string of the molecule is CC(=O)N1CCc2ccccc2C1CC(=O)Nc1cccc(N2CCCC2=O)c1. The van der Waals surface area contributed by atoms with Crippen molar-refractivity contribution < 1.29 is 14.4 Å². The molecule has 0 saturated carbocycles. The fourth-order valence-corrected chi connectivity index (χ4v) is 4.31. The molecule has 150 valence electrons. The van der Waals surface area contributed by atoms with E-state index in [0.29, 0.717) is 25.2 Å². The predicted molar refractivity (Wildman–Crippen MR) is 112 cm³/mol. The maximum Gasteiger partial charge on any atom is 0.227 e. The fourth-order valence-electron chi connectivity index (χ4n) is 4.31. The number of nitrogens with one attached hydrogen (secondary N) is 1. The molecule has 1 atom stereocenters. The van der Waals surface area contributed by atoms with Gasteiger partial charge in [0.25, 0.3) is 0 Å². The van der Waals surface area contributed by atoms with Gasteiger partial charge in [-0.3, -0.25) is 14.4 Å². The van der Waals surface area contributed by atoms with E-state index < -0.39 is 0 Å². The Morgan fingerprint density at radius 3 is 2.66 bits per heavy atom. The Bertz CT molecular complexity index is 956. The molecule has 4 rings (SSSR count). The highest BCUT2D eigenvalue weighted by Gasteiger charge is 2.30. The smallest absolute Gasteiger partial charge is 0.227 e. The topological polar surface area (TPSA) is 69.7 Å². The van der Waals surface area contributed by atoms with E-state index in [1.165, 1.54) is 5.56 Å². The molecular formula is C23H25N3O3. The third-order valence-corrected chi connectivity index (χ3v) is 5.71. The molecule has 1 saturated heterocycles. The highest BCUT2D eigenvalue weighted by atomic mass is 16.2. The number of rotatable bonds is 4. The minimum Gasteiger partial charge on any atom is -0.335 e. The van der Waals surface area contributed by atoms with Gasteiger partial charge in [-0.05, 0) is 42.2 Å². The van der Waals surface area contributed by atoms with Gasteiger partial charge < -0.3 is 15.1 Å². The monoisotopic (exact) mass is 391 g/mol. The van der Waals surface area contributed by atoms with Gasteiger partial charge in [0.1, 0.15) is 0 Å². The summed E-state index contributed by atoms with van der Waals surface area (Å²) in [5, 5.41) is 2.94. The summed E-state index contributed by atoms with van der Waals surface area (Å²) in [4.78, 5) is 40.5. The molecule has 6 nitrogen and oxygen atoms in total. The van der Waals surface area contributed by atoms with E-state index in [-0.39, 0.29) is 30.2 Å². The highest BCUT2D eigenvalue weighted by molar-refractivity contribution is 5.97. The van der Waals surface area contributed by atoms with E-state index in [1.807, 2.05) is 42.5 Å². The summed E-state index contributed by atoms with van der Waals surface area (Å²) >= 11 is 0. The van der Waals surface area contributed by atoms with Gasteiger partial charge in [-0.1, -0.05) is 30.3 Å². The molecule has 2 aliphatic heterocycles. The lowest BCUT2D eigenvalue weighted by atomic mass is 9.90. The van der Waals surface area contributed by atoms with Crippen LogP contribution in [0.3, 0.4) is 0 Å². The van der Waals surface area contributed by atoms with Gasteiger partial charge >= 0.3 is 0 Å². The van der Waals surface area contributed by atoms with Crippen molar-refractivity contribution in [1.29, 1.82) is 0 Å². The molecule has 2 aliphatic rings. The van der Waals surface area contributed by atoms with Crippen molar-refractivity contribution in [3.63, 3.8) is 0 Å². The molecule has 1 fully saturated rings. The lowest BCUT2D eigenvalue weighted by molar-refractivity contribution is -0.132. The molecule has 3 amide bonds. The summed E-state index contributed by atoms with van der Waals surface area (Å²) in [6.07, 6.45) is 2.43. The molecular weight excluding hydrogens is 366 g/mol. The van der Waals surface area contributed by atoms with Crippen LogP contribution >= 0.6 is 0 Å². The lowest BCUT2D eigenvalue weighted by Gasteiger charge is -2.36. The largest absolute Gasteiger partial charge is 0.335 e. The van der Waals surface area contributed by atoms with Crippen LogP contribution in [0.15, 0.2) is 48.5 Å². The third-order valence-electron chi connectivity index (χ3n) is 5.71. The van der Waals surface area contributed by atoms with Crippen molar-refractivity contribution >= 4 is 29.1 Å². The zero-order valence-electron chi connectivity index (χ0n) is 16.6. The van der Waals surface area contributed by atoms with Gasteiger partial charge in [-0.15, -0.1) is 0 Å². The van der Waals surface area contributed by atoms with Crippen molar-refractivity contribution in [3.05, 3.63) is 59.7 Å². The van der Waals surface area contributed by atoms with Crippen molar-refractivity contribution in [2.75, 3.05) is 23.3 Å². The number of amides is 3. The number of nitrogens with zero attached hydrogens (tertiary/aromatic N) is 2. The van der Waals surface area contributed by atoms with Crippen LogP contribution in [0.4, 0.5) is 11.4 Å². The number of hydrogen-bond acceptors (Lipinski definition) is 3. The molecule has 0 spiro atoms. The second-order valence-electron chi connectivity index (χ2n) is 7.63. The third kappa shape index (κ3) is 4.01. The number of carbonyl (C=O) groups excluding carboxylic acids is 3. The molecule has 0 bridgehead atoms. The molecule has 2 aromatic carbocycles. The summed E-state index contributed by atoms with van der Waals surface area (Å²) in [6, 6.07) is 15.1. The maximum atomic E-state index is 12.8. The van der Waals surface area contributed by atoms with E-state index in [2.05, 4.69) is 11.4 Å². The molecule has 2 aromatic rings. The first-order chi connectivity index (χ1) is 14.0. The predicted octanol–water partition coefficient (Wildman–Crippen LogP) is 3.29. The van der Waals surface area contributed by atoms with Crippen molar-refractivity contribution in [2.45, 2.75) is 38.6 Å². The maximum absolute atomic E-state index is 12.8. The summed E-state index contributed by atoms with van der Waals surface area (Å²) in [5.74, 6) is -0.0564.